The molecule has 0 aromatic heterocycles. The molecule has 16 heteroatoms. The lowest BCUT2D eigenvalue weighted by Gasteiger charge is -2.34. The van der Waals surface area contributed by atoms with Crippen LogP contribution in [0.2, 0.25) is 0 Å². The normalized spacial score (nSPS) is 26.5. The number of sulfone groups is 2. The van der Waals surface area contributed by atoms with Crippen molar-refractivity contribution in [3.8, 4) is 6.07 Å². The van der Waals surface area contributed by atoms with E-state index in [1.54, 1.807) is 0 Å². The van der Waals surface area contributed by atoms with E-state index in [-0.39, 0.29) is 46.7 Å². The number of benzene rings is 1. The van der Waals surface area contributed by atoms with E-state index in [0.717, 1.165) is 12.1 Å². The van der Waals surface area contributed by atoms with Crippen LogP contribution in [0.4, 0.5) is 18.9 Å². The number of carbonyl (C=O) groups excluding carboxylic acids is 1. The molecule has 2 aliphatic rings. The van der Waals surface area contributed by atoms with Gasteiger partial charge < -0.3 is 22.1 Å². The van der Waals surface area contributed by atoms with Crippen molar-refractivity contribution in [2.75, 3.05) is 11.5 Å². The Morgan fingerprint density at radius 1 is 1.13 bits per heavy atom. The van der Waals surface area contributed by atoms with Gasteiger partial charge in [0.05, 0.1) is 39.6 Å². The highest BCUT2D eigenvalue weighted by Gasteiger charge is 2.46. The van der Waals surface area contributed by atoms with Crippen LogP contribution in [0.5, 0.6) is 0 Å². The molecule has 208 valence electrons. The number of nitrogens with one attached hydrogen (secondary N) is 2. The van der Waals surface area contributed by atoms with Crippen LogP contribution >= 0.6 is 0 Å². The van der Waals surface area contributed by atoms with E-state index in [1.807, 2.05) is 0 Å². The van der Waals surface area contributed by atoms with E-state index in [1.165, 1.54) is 6.20 Å². The van der Waals surface area contributed by atoms with Crippen LogP contribution in [0, 0.1) is 17.2 Å². The maximum Gasteiger partial charge on any atom is 0.501 e. The van der Waals surface area contributed by atoms with Crippen LogP contribution in [-0.4, -0.2) is 63.7 Å². The van der Waals surface area contributed by atoms with E-state index >= 15 is 0 Å². The SMILES string of the molecule is N#C[C@H]1CC(NC2CCS(=O)(=O)C2)CC[C@@H]1N/C=C(/C(N)=O)C(N)=Nc1ccc(S(=O)(=O)C(F)(F)F)cc1. The molecule has 4 atom stereocenters. The van der Waals surface area contributed by atoms with Gasteiger partial charge in [-0.3, -0.25) is 4.79 Å². The molecule has 1 aromatic rings. The average molecular weight is 577 g/mol. The molecule has 6 N–H and O–H groups in total. The molecule has 1 aliphatic heterocycles. The number of halogens is 3. The van der Waals surface area contributed by atoms with Gasteiger partial charge in [-0.15, -0.1) is 0 Å². The fraction of sp³-hybridized carbons (Fsp3) is 0.500. The molecule has 1 aromatic carbocycles. The quantitative estimate of drug-likeness (QED) is 0.196. The third-order valence-electron chi connectivity index (χ3n) is 6.40. The highest BCUT2D eigenvalue weighted by molar-refractivity contribution is 7.92. The number of amides is 1. The van der Waals surface area contributed by atoms with Crippen molar-refractivity contribution in [3.63, 3.8) is 0 Å². The first-order valence-electron chi connectivity index (χ1n) is 11.5. The topological polar surface area (TPSA) is 198 Å². The van der Waals surface area contributed by atoms with Crippen molar-refractivity contribution in [2.45, 2.75) is 54.2 Å². The number of alkyl halides is 3. The number of primary amides is 1. The van der Waals surface area contributed by atoms with Crippen molar-refractivity contribution in [3.05, 3.63) is 36.0 Å². The fourth-order valence-corrected chi connectivity index (χ4v) is 6.87. The van der Waals surface area contributed by atoms with Gasteiger partial charge in [0.2, 0.25) is 0 Å². The molecule has 1 amide bonds. The van der Waals surface area contributed by atoms with Crippen LogP contribution in [0.15, 0.2) is 45.9 Å². The van der Waals surface area contributed by atoms with Crippen LogP contribution in [0.3, 0.4) is 0 Å². The van der Waals surface area contributed by atoms with Gasteiger partial charge in [-0.05, 0) is 49.9 Å². The van der Waals surface area contributed by atoms with Gasteiger partial charge in [0.15, 0.2) is 9.84 Å². The second-order valence-electron chi connectivity index (χ2n) is 9.15. The minimum Gasteiger partial charge on any atom is -0.386 e. The Kier molecular flexibility index (Phi) is 8.74. The molecule has 1 heterocycles. The van der Waals surface area contributed by atoms with Crippen molar-refractivity contribution in [1.29, 1.82) is 5.26 Å². The lowest BCUT2D eigenvalue weighted by Crippen LogP contribution is -2.47. The van der Waals surface area contributed by atoms with E-state index < -0.39 is 41.9 Å². The number of nitriles is 1. The van der Waals surface area contributed by atoms with Crippen LogP contribution in [0.1, 0.15) is 25.7 Å². The first-order chi connectivity index (χ1) is 17.6. The molecule has 0 bridgehead atoms. The number of rotatable bonds is 8. The zero-order valence-electron chi connectivity index (χ0n) is 20.0. The minimum absolute atomic E-state index is 0.0221. The minimum atomic E-state index is -5.53. The summed E-state index contributed by atoms with van der Waals surface area (Å²) in [6.07, 6.45) is 3.39. The molecule has 3 rings (SSSR count). The van der Waals surface area contributed by atoms with Gasteiger partial charge in [0.1, 0.15) is 5.84 Å². The third-order valence-corrected chi connectivity index (χ3v) is 9.67. The highest BCUT2D eigenvalue weighted by atomic mass is 32.2. The number of aliphatic imine (C=N–C) groups is 1. The lowest BCUT2D eigenvalue weighted by atomic mass is 9.82. The smallest absolute Gasteiger partial charge is 0.386 e. The summed E-state index contributed by atoms with van der Waals surface area (Å²) in [4.78, 5) is 14.9. The lowest BCUT2D eigenvalue weighted by molar-refractivity contribution is -0.114. The molecule has 1 aliphatic carbocycles. The number of carbonyl (C=O) groups is 1. The predicted octanol–water partition coefficient (Wildman–Crippen LogP) is 0.765. The second-order valence-corrected chi connectivity index (χ2v) is 13.3. The number of hydrogen-bond donors (Lipinski definition) is 4. The molecular weight excluding hydrogens is 549 g/mol. The molecular formula is C22H27F3N6O5S2. The number of hydrogen-bond acceptors (Lipinski definition) is 9. The van der Waals surface area contributed by atoms with Gasteiger partial charge in [0, 0.05) is 24.3 Å². The Hall–Kier alpha value is -3.16. The van der Waals surface area contributed by atoms with Gasteiger partial charge >= 0.3 is 5.51 Å². The molecule has 38 heavy (non-hydrogen) atoms. The molecule has 1 saturated carbocycles. The largest absolute Gasteiger partial charge is 0.501 e. The molecule has 2 unspecified atom stereocenters. The van der Waals surface area contributed by atoms with Gasteiger partial charge in [-0.25, -0.2) is 21.8 Å². The number of nitrogens with two attached hydrogens (primary N) is 2. The first-order valence-corrected chi connectivity index (χ1v) is 14.8. The van der Waals surface area contributed by atoms with E-state index in [9.17, 15) is 40.1 Å². The van der Waals surface area contributed by atoms with Crippen LogP contribution in [-0.2, 0) is 24.5 Å². The molecule has 1 saturated heterocycles. The van der Waals surface area contributed by atoms with Gasteiger partial charge in [-0.1, -0.05) is 0 Å². The predicted molar refractivity (Wildman–Crippen MR) is 132 cm³/mol. The zero-order chi connectivity index (χ0) is 28.3. The Morgan fingerprint density at radius 2 is 1.79 bits per heavy atom. The summed E-state index contributed by atoms with van der Waals surface area (Å²) in [5, 5.41) is 15.9. The summed E-state index contributed by atoms with van der Waals surface area (Å²) in [5.41, 5.74) is 5.55. The zero-order valence-corrected chi connectivity index (χ0v) is 21.6. The van der Waals surface area contributed by atoms with Crippen molar-refractivity contribution >= 4 is 37.1 Å². The van der Waals surface area contributed by atoms with Crippen molar-refractivity contribution < 1.29 is 34.8 Å². The number of nitrogens with zero attached hydrogens (tertiary/aromatic N) is 2. The Morgan fingerprint density at radius 3 is 2.32 bits per heavy atom. The Balaban J connectivity index is 1.68. The Labute approximate surface area is 218 Å². The second kappa shape index (κ2) is 11.3. The number of amidine groups is 1. The first kappa shape index (κ1) is 29.4. The standard InChI is InChI=1S/C22H27F3N6O5S2/c23-22(24,25)38(35,36)17-4-1-14(2-5-17)31-20(27)18(21(28)32)11-29-19-6-3-15(9-13(19)10-26)30-16-7-8-37(33,34)12-16/h1-2,4-5,11,13,15-16,19,29-30H,3,6-9,12H2,(H2,27,31)(H2,28,32)/b18-11+/t13-,15?,16?,19+/m1/s1. The van der Waals surface area contributed by atoms with Crippen LogP contribution in [0.25, 0.3) is 0 Å². The van der Waals surface area contributed by atoms with Crippen LogP contribution < -0.4 is 22.1 Å². The maximum atomic E-state index is 12.7. The fourth-order valence-electron chi connectivity index (χ4n) is 4.42. The summed E-state index contributed by atoms with van der Waals surface area (Å²) in [7, 11) is -8.56. The molecule has 11 nitrogen and oxygen atoms in total. The van der Waals surface area contributed by atoms with Crippen molar-refractivity contribution in [1.82, 2.24) is 10.6 Å². The highest BCUT2D eigenvalue weighted by Crippen LogP contribution is 2.31. The van der Waals surface area contributed by atoms with E-state index in [4.69, 9.17) is 11.5 Å². The van der Waals surface area contributed by atoms with Gasteiger partial charge in [0.25, 0.3) is 15.7 Å². The summed E-state index contributed by atoms with van der Waals surface area (Å²) in [6.45, 7) is 0. The van der Waals surface area contributed by atoms with E-state index in [0.29, 0.717) is 37.8 Å². The summed E-state index contributed by atoms with van der Waals surface area (Å²) in [6, 6.07) is 5.09. The third kappa shape index (κ3) is 7.03. The average Bonchev–Trinajstić information content (AvgIpc) is 3.17. The summed E-state index contributed by atoms with van der Waals surface area (Å²) < 4.78 is 84.5. The summed E-state index contributed by atoms with van der Waals surface area (Å²) in [5.74, 6) is -1.58. The molecule has 0 radical (unpaired) electrons. The molecule has 2 fully saturated rings. The van der Waals surface area contributed by atoms with Crippen molar-refractivity contribution in [2.24, 2.45) is 22.4 Å². The maximum absolute atomic E-state index is 12.7. The summed E-state index contributed by atoms with van der Waals surface area (Å²) >= 11 is 0. The monoisotopic (exact) mass is 576 g/mol. The Bertz CT molecular complexity index is 1370. The molecule has 0 spiro atoms. The van der Waals surface area contributed by atoms with Gasteiger partial charge in [-0.2, -0.15) is 18.4 Å². The van der Waals surface area contributed by atoms with E-state index in [2.05, 4.69) is 21.7 Å².